The summed E-state index contributed by atoms with van der Waals surface area (Å²) in [5, 5.41) is 0. The first kappa shape index (κ1) is 22.1. The van der Waals surface area contributed by atoms with Gasteiger partial charge in [0.1, 0.15) is 23.4 Å². The van der Waals surface area contributed by atoms with Gasteiger partial charge in [0.2, 0.25) is 5.91 Å². The molecule has 0 aliphatic carbocycles. The largest absolute Gasteiger partial charge is 0.493 e. The van der Waals surface area contributed by atoms with Gasteiger partial charge in [-0.05, 0) is 51.1 Å². The van der Waals surface area contributed by atoms with Crippen LogP contribution in [0, 0.1) is 0 Å². The molecule has 2 aliphatic rings. The maximum absolute atomic E-state index is 12.9. The zero-order chi connectivity index (χ0) is 22.5. The van der Waals surface area contributed by atoms with E-state index in [-0.39, 0.29) is 12.0 Å². The predicted octanol–water partition coefficient (Wildman–Crippen LogP) is 4.17. The van der Waals surface area contributed by atoms with Gasteiger partial charge in [-0.25, -0.2) is 0 Å². The molecule has 1 amide bonds. The van der Waals surface area contributed by atoms with Crippen LogP contribution in [0.15, 0.2) is 42.5 Å². The van der Waals surface area contributed by atoms with Gasteiger partial charge in [0, 0.05) is 49.8 Å². The first-order valence-electron chi connectivity index (χ1n) is 11.5. The Morgan fingerprint density at radius 3 is 2.53 bits per heavy atom. The minimum Gasteiger partial charge on any atom is -0.493 e. The van der Waals surface area contributed by atoms with Gasteiger partial charge >= 0.3 is 0 Å². The summed E-state index contributed by atoms with van der Waals surface area (Å²) >= 11 is 0. The molecular weight excluding hydrogens is 404 g/mol. The van der Waals surface area contributed by atoms with Crippen LogP contribution in [0.4, 0.5) is 5.69 Å². The van der Waals surface area contributed by atoms with Crippen molar-refractivity contribution in [2.45, 2.75) is 33.3 Å². The Morgan fingerprint density at radius 2 is 1.78 bits per heavy atom. The number of ether oxygens (including phenoxy) is 3. The summed E-state index contributed by atoms with van der Waals surface area (Å²) in [5.74, 6) is 2.59. The molecule has 6 heteroatoms. The van der Waals surface area contributed by atoms with Crippen LogP contribution in [0.2, 0.25) is 0 Å². The van der Waals surface area contributed by atoms with Crippen molar-refractivity contribution in [2.24, 2.45) is 0 Å². The fourth-order valence-electron chi connectivity index (χ4n) is 4.30. The number of hydrogen-bond acceptors (Lipinski definition) is 5. The molecule has 1 unspecified atom stereocenters. The minimum atomic E-state index is 0.0139. The fourth-order valence-corrected chi connectivity index (χ4v) is 4.30. The number of hydrogen-bond donors (Lipinski definition) is 0. The van der Waals surface area contributed by atoms with E-state index in [2.05, 4.69) is 17.9 Å². The molecule has 0 N–H and O–H groups in total. The normalized spacial score (nSPS) is 17.9. The molecule has 170 valence electrons. The number of para-hydroxylation sites is 2. The molecule has 2 aliphatic heterocycles. The van der Waals surface area contributed by atoms with Crippen LogP contribution in [-0.4, -0.2) is 56.3 Å². The van der Waals surface area contributed by atoms with Gasteiger partial charge in [0.25, 0.3) is 0 Å². The maximum atomic E-state index is 12.9. The van der Waals surface area contributed by atoms with Gasteiger partial charge < -0.3 is 24.0 Å². The first-order valence-corrected chi connectivity index (χ1v) is 11.5. The predicted molar refractivity (Wildman–Crippen MR) is 127 cm³/mol. The second-order valence-corrected chi connectivity index (χ2v) is 8.11. The Bertz CT molecular complexity index is 980. The Kier molecular flexibility index (Phi) is 6.88. The molecule has 32 heavy (non-hydrogen) atoms. The van der Waals surface area contributed by atoms with Crippen molar-refractivity contribution in [1.29, 1.82) is 0 Å². The van der Waals surface area contributed by atoms with Gasteiger partial charge in [-0.2, -0.15) is 0 Å². The summed E-state index contributed by atoms with van der Waals surface area (Å²) < 4.78 is 17.5. The van der Waals surface area contributed by atoms with E-state index in [9.17, 15) is 4.79 Å². The zero-order valence-corrected chi connectivity index (χ0v) is 19.2. The number of carbonyl (C=O) groups excluding carboxylic acids is 1. The lowest BCUT2D eigenvalue weighted by Gasteiger charge is -2.36. The molecular formula is C26H32N2O4. The molecule has 1 saturated heterocycles. The summed E-state index contributed by atoms with van der Waals surface area (Å²) in [7, 11) is 0. The Labute approximate surface area is 190 Å². The number of amides is 1. The van der Waals surface area contributed by atoms with Crippen molar-refractivity contribution in [1.82, 2.24) is 4.90 Å². The van der Waals surface area contributed by atoms with Crippen LogP contribution >= 0.6 is 0 Å². The number of nitrogens with zero attached hydrogens (tertiary/aromatic N) is 2. The maximum Gasteiger partial charge on any atom is 0.246 e. The highest BCUT2D eigenvalue weighted by Crippen LogP contribution is 2.36. The number of anilines is 1. The number of benzene rings is 2. The van der Waals surface area contributed by atoms with E-state index >= 15 is 0 Å². The molecule has 0 radical (unpaired) electrons. The quantitative estimate of drug-likeness (QED) is 0.610. The monoisotopic (exact) mass is 436 g/mol. The summed E-state index contributed by atoms with van der Waals surface area (Å²) in [4.78, 5) is 17.0. The van der Waals surface area contributed by atoms with E-state index in [0.717, 1.165) is 53.6 Å². The van der Waals surface area contributed by atoms with Gasteiger partial charge in [-0.3, -0.25) is 4.79 Å². The number of fused-ring (bicyclic) bond motifs is 1. The molecule has 0 saturated carbocycles. The second kappa shape index (κ2) is 9.98. The molecule has 0 aromatic heterocycles. The van der Waals surface area contributed by atoms with E-state index in [1.807, 2.05) is 55.2 Å². The van der Waals surface area contributed by atoms with Crippen molar-refractivity contribution in [3.05, 3.63) is 53.6 Å². The Hall–Kier alpha value is -3.15. The van der Waals surface area contributed by atoms with E-state index in [1.54, 1.807) is 6.08 Å². The van der Waals surface area contributed by atoms with Crippen LogP contribution in [0.25, 0.3) is 6.08 Å². The lowest BCUT2D eigenvalue weighted by Crippen LogP contribution is -2.48. The summed E-state index contributed by atoms with van der Waals surface area (Å²) in [5.41, 5.74) is 3.12. The molecule has 2 heterocycles. The fraction of sp³-hybridized carbons (Fsp3) is 0.423. The third-order valence-corrected chi connectivity index (χ3v) is 5.83. The van der Waals surface area contributed by atoms with Crippen LogP contribution < -0.4 is 19.1 Å². The SMILES string of the molecule is CCOc1cc2c(cc1/C=C/C(=O)N1CCN(c3ccccc3OCC)CC1)OC(C)C2. The zero-order valence-electron chi connectivity index (χ0n) is 19.2. The molecule has 0 bridgehead atoms. The molecule has 1 fully saturated rings. The van der Waals surface area contributed by atoms with Gasteiger partial charge in [-0.1, -0.05) is 12.1 Å². The first-order chi connectivity index (χ1) is 15.6. The highest BCUT2D eigenvalue weighted by molar-refractivity contribution is 5.92. The lowest BCUT2D eigenvalue weighted by molar-refractivity contribution is -0.126. The highest BCUT2D eigenvalue weighted by Gasteiger charge is 2.23. The van der Waals surface area contributed by atoms with E-state index in [1.165, 1.54) is 0 Å². The molecule has 1 atom stereocenters. The smallest absolute Gasteiger partial charge is 0.246 e. The van der Waals surface area contributed by atoms with E-state index in [4.69, 9.17) is 14.2 Å². The summed E-state index contributed by atoms with van der Waals surface area (Å²) in [6.45, 7) is 10.1. The number of carbonyl (C=O) groups is 1. The van der Waals surface area contributed by atoms with Crippen LogP contribution in [0.1, 0.15) is 31.9 Å². The molecule has 6 nitrogen and oxygen atoms in total. The number of piperazine rings is 1. The topological polar surface area (TPSA) is 51.2 Å². The van der Waals surface area contributed by atoms with Gasteiger partial charge in [0.15, 0.2) is 0 Å². The van der Waals surface area contributed by atoms with E-state index < -0.39 is 0 Å². The van der Waals surface area contributed by atoms with E-state index in [0.29, 0.717) is 26.3 Å². The van der Waals surface area contributed by atoms with Crippen molar-refractivity contribution < 1.29 is 19.0 Å². The van der Waals surface area contributed by atoms with Crippen LogP contribution in [0.3, 0.4) is 0 Å². The van der Waals surface area contributed by atoms with Gasteiger partial charge in [-0.15, -0.1) is 0 Å². The third kappa shape index (κ3) is 4.85. The summed E-state index contributed by atoms with van der Waals surface area (Å²) in [6, 6.07) is 12.1. The van der Waals surface area contributed by atoms with Crippen molar-refractivity contribution >= 4 is 17.7 Å². The Balaban J connectivity index is 1.41. The van der Waals surface area contributed by atoms with Gasteiger partial charge in [0.05, 0.1) is 18.9 Å². The van der Waals surface area contributed by atoms with Crippen molar-refractivity contribution in [3.63, 3.8) is 0 Å². The highest BCUT2D eigenvalue weighted by atomic mass is 16.5. The standard InChI is InChI=1S/C26H32N2O4/c1-4-30-23-9-7-6-8-22(23)27-12-14-28(15-13-27)26(29)11-10-20-17-25-21(16-19(3)32-25)18-24(20)31-5-2/h6-11,17-19H,4-5,12-16H2,1-3H3/b11-10+. The average Bonchev–Trinajstić information content (AvgIpc) is 3.17. The molecule has 2 aromatic rings. The average molecular weight is 437 g/mol. The Morgan fingerprint density at radius 1 is 1.06 bits per heavy atom. The molecule has 2 aromatic carbocycles. The van der Waals surface area contributed by atoms with Crippen LogP contribution in [-0.2, 0) is 11.2 Å². The molecule has 0 spiro atoms. The third-order valence-electron chi connectivity index (χ3n) is 5.83. The van der Waals surface area contributed by atoms with Crippen molar-refractivity contribution in [2.75, 3.05) is 44.3 Å². The van der Waals surface area contributed by atoms with Crippen molar-refractivity contribution in [3.8, 4) is 17.2 Å². The molecule has 4 rings (SSSR count). The minimum absolute atomic E-state index is 0.0139. The number of rotatable bonds is 7. The van der Waals surface area contributed by atoms with Crippen LogP contribution in [0.5, 0.6) is 17.2 Å². The summed E-state index contributed by atoms with van der Waals surface area (Å²) in [6.07, 6.45) is 4.54. The second-order valence-electron chi connectivity index (χ2n) is 8.11. The lowest BCUT2D eigenvalue weighted by atomic mass is 10.1.